The molecule has 144 valence electrons. The highest BCUT2D eigenvalue weighted by atomic mass is 19.1. The van der Waals surface area contributed by atoms with E-state index in [1.807, 2.05) is 0 Å². The predicted molar refractivity (Wildman–Crippen MR) is 97.8 cm³/mol. The molecule has 0 unspecified atom stereocenters. The van der Waals surface area contributed by atoms with E-state index in [1.165, 1.54) is 28.0 Å². The average Bonchev–Trinajstić information content (AvgIpc) is 3.12. The fourth-order valence-electron chi connectivity index (χ4n) is 4.45. The van der Waals surface area contributed by atoms with Gasteiger partial charge in [0.2, 0.25) is 11.8 Å². The Morgan fingerprint density at radius 3 is 2.74 bits per heavy atom. The number of piperidine rings is 1. The number of hydrogen-bond donors (Lipinski definition) is 0. The standard InChI is InChI=1S/C20H24FN3O3/c1-13-4-2-8-22(11-13)18(25)12-24-16-7-6-14(21)10-15(16)19(26)23-9-3-5-17(23)20(24)27/h6-7,10,13,17H,2-5,8-9,11-12H2,1H3/t13-,17+/m1/s1. The summed E-state index contributed by atoms with van der Waals surface area (Å²) in [6.07, 6.45) is 3.36. The minimum atomic E-state index is -0.568. The highest BCUT2D eigenvalue weighted by molar-refractivity contribution is 6.12. The maximum absolute atomic E-state index is 13.8. The largest absolute Gasteiger partial charge is 0.341 e. The zero-order valence-corrected chi connectivity index (χ0v) is 15.5. The first kappa shape index (κ1) is 17.9. The molecule has 1 aromatic carbocycles. The molecule has 0 aromatic heterocycles. The maximum atomic E-state index is 13.8. The molecule has 7 heteroatoms. The van der Waals surface area contributed by atoms with E-state index in [2.05, 4.69) is 6.92 Å². The van der Waals surface area contributed by atoms with Gasteiger partial charge in [-0.3, -0.25) is 14.4 Å². The molecule has 0 radical (unpaired) electrons. The van der Waals surface area contributed by atoms with Gasteiger partial charge in [-0.1, -0.05) is 6.92 Å². The van der Waals surface area contributed by atoms with Crippen LogP contribution in [0.1, 0.15) is 43.0 Å². The van der Waals surface area contributed by atoms with E-state index in [1.54, 1.807) is 4.90 Å². The molecule has 2 fully saturated rings. The first-order chi connectivity index (χ1) is 13.0. The Kier molecular flexibility index (Phi) is 4.61. The second kappa shape index (κ2) is 6.94. The van der Waals surface area contributed by atoms with Crippen LogP contribution in [0.25, 0.3) is 0 Å². The third-order valence-corrected chi connectivity index (χ3v) is 5.85. The van der Waals surface area contributed by atoms with Crippen LogP contribution >= 0.6 is 0 Å². The molecule has 1 aromatic rings. The average molecular weight is 373 g/mol. The lowest BCUT2D eigenvalue weighted by Crippen LogP contribution is -2.50. The number of fused-ring (bicyclic) bond motifs is 2. The van der Waals surface area contributed by atoms with Crippen LogP contribution in [0.3, 0.4) is 0 Å². The van der Waals surface area contributed by atoms with Crippen molar-refractivity contribution in [2.24, 2.45) is 5.92 Å². The van der Waals surface area contributed by atoms with Crippen molar-refractivity contribution in [3.63, 3.8) is 0 Å². The van der Waals surface area contributed by atoms with Gasteiger partial charge in [-0.2, -0.15) is 0 Å². The van der Waals surface area contributed by atoms with Crippen molar-refractivity contribution >= 4 is 23.4 Å². The van der Waals surface area contributed by atoms with Gasteiger partial charge < -0.3 is 14.7 Å². The number of carbonyl (C=O) groups is 3. The highest BCUT2D eigenvalue weighted by Crippen LogP contribution is 2.33. The maximum Gasteiger partial charge on any atom is 0.256 e. The molecule has 3 amide bonds. The molecule has 0 N–H and O–H groups in total. The van der Waals surface area contributed by atoms with E-state index < -0.39 is 11.9 Å². The number of amides is 3. The van der Waals surface area contributed by atoms with Crippen molar-refractivity contribution in [2.75, 3.05) is 31.1 Å². The van der Waals surface area contributed by atoms with Crippen LogP contribution in [0, 0.1) is 11.7 Å². The Balaban J connectivity index is 1.67. The molecule has 0 spiro atoms. The number of likely N-dealkylation sites (tertiary alicyclic amines) is 1. The second-order valence-corrected chi connectivity index (χ2v) is 7.83. The minimum Gasteiger partial charge on any atom is -0.341 e. The van der Waals surface area contributed by atoms with Crippen molar-refractivity contribution < 1.29 is 18.8 Å². The van der Waals surface area contributed by atoms with Crippen LogP contribution in [0.2, 0.25) is 0 Å². The molecular weight excluding hydrogens is 349 g/mol. The molecule has 0 aliphatic carbocycles. The lowest BCUT2D eigenvalue weighted by atomic mass is 10.0. The zero-order valence-electron chi connectivity index (χ0n) is 15.5. The van der Waals surface area contributed by atoms with Gasteiger partial charge >= 0.3 is 0 Å². The Hall–Kier alpha value is -2.44. The molecule has 3 heterocycles. The van der Waals surface area contributed by atoms with Crippen molar-refractivity contribution in [2.45, 2.75) is 38.6 Å². The van der Waals surface area contributed by atoms with Gasteiger partial charge in [0.25, 0.3) is 5.91 Å². The smallest absolute Gasteiger partial charge is 0.256 e. The van der Waals surface area contributed by atoms with Crippen molar-refractivity contribution in [1.82, 2.24) is 9.80 Å². The zero-order chi connectivity index (χ0) is 19.1. The Labute approximate surface area is 157 Å². The topological polar surface area (TPSA) is 60.9 Å². The third-order valence-electron chi connectivity index (χ3n) is 5.85. The van der Waals surface area contributed by atoms with Gasteiger partial charge in [0.15, 0.2) is 0 Å². The van der Waals surface area contributed by atoms with Crippen LogP contribution in [-0.4, -0.2) is 59.7 Å². The Bertz CT molecular complexity index is 797. The molecule has 3 aliphatic heterocycles. The fraction of sp³-hybridized carbons (Fsp3) is 0.550. The Morgan fingerprint density at radius 1 is 1.19 bits per heavy atom. The normalized spacial score (nSPS) is 25.3. The van der Waals surface area contributed by atoms with E-state index in [-0.39, 0.29) is 29.8 Å². The number of rotatable bonds is 2. The summed E-state index contributed by atoms with van der Waals surface area (Å²) in [6, 6.07) is 3.28. The van der Waals surface area contributed by atoms with Gasteiger partial charge in [-0.15, -0.1) is 0 Å². The quantitative estimate of drug-likeness (QED) is 0.797. The first-order valence-corrected chi connectivity index (χ1v) is 9.65. The van der Waals surface area contributed by atoms with E-state index in [4.69, 9.17) is 0 Å². The minimum absolute atomic E-state index is 0.109. The van der Waals surface area contributed by atoms with Crippen LogP contribution < -0.4 is 4.90 Å². The SMILES string of the molecule is C[C@@H]1CCCN(C(=O)CN2C(=O)[C@@H]3CCCN3C(=O)c3cc(F)ccc32)C1. The number of carbonyl (C=O) groups excluding carboxylic acids is 3. The van der Waals surface area contributed by atoms with Gasteiger partial charge in [-0.05, 0) is 49.8 Å². The molecular formula is C20H24FN3O3. The van der Waals surface area contributed by atoms with Crippen LogP contribution in [0.5, 0.6) is 0 Å². The summed E-state index contributed by atoms with van der Waals surface area (Å²) >= 11 is 0. The molecule has 27 heavy (non-hydrogen) atoms. The van der Waals surface area contributed by atoms with E-state index in [0.29, 0.717) is 37.7 Å². The number of halogens is 1. The van der Waals surface area contributed by atoms with Crippen LogP contribution in [-0.2, 0) is 9.59 Å². The highest BCUT2D eigenvalue weighted by Gasteiger charge is 2.43. The van der Waals surface area contributed by atoms with Gasteiger partial charge in [0, 0.05) is 19.6 Å². The van der Waals surface area contributed by atoms with Gasteiger partial charge in [0.05, 0.1) is 11.3 Å². The molecule has 2 saturated heterocycles. The van der Waals surface area contributed by atoms with Crippen molar-refractivity contribution in [3.05, 3.63) is 29.6 Å². The third kappa shape index (κ3) is 3.19. The molecule has 4 rings (SSSR count). The monoisotopic (exact) mass is 373 g/mol. The van der Waals surface area contributed by atoms with E-state index in [9.17, 15) is 18.8 Å². The Morgan fingerprint density at radius 2 is 1.96 bits per heavy atom. The van der Waals surface area contributed by atoms with Gasteiger partial charge in [0.1, 0.15) is 18.4 Å². The van der Waals surface area contributed by atoms with Crippen LogP contribution in [0.15, 0.2) is 18.2 Å². The number of hydrogen-bond acceptors (Lipinski definition) is 3. The molecule has 6 nitrogen and oxygen atoms in total. The summed E-state index contributed by atoms with van der Waals surface area (Å²) in [5, 5.41) is 0. The molecule has 0 bridgehead atoms. The molecule has 2 atom stereocenters. The van der Waals surface area contributed by atoms with E-state index in [0.717, 1.165) is 19.3 Å². The molecule has 0 saturated carbocycles. The van der Waals surface area contributed by atoms with Crippen LogP contribution in [0.4, 0.5) is 10.1 Å². The van der Waals surface area contributed by atoms with Crippen molar-refractivity contribution in [3.8, 4) is 0 Å². The predicted octanol–water partition coefficient (Wildman–Crippen LogP) is 2.04. The summed E-state index contributed by atoms with van der Waals surface area (Å²) in [4.78, 5) is 43.6. The fourth-order valence-corrected chi connectivity index (χ4v) is 4.45. The molecule has 3 aliphatic rings. The summed E-state index contributed by atoms with van der Waals surface area (Å²) in [6.45, 7) is 3.86. The van der Waals surface area contributed by atoms with E-state index >= 15 is 0 Å². The number of nitrogens with zero attached hydrogens (tertiary/aromatic N) is 3. The second-order valence-electron chi connectivity index (χ2n) is 7.83. The van der Waals surface area contributed by atoms with Gasteiger partial charge in [-0.25, -0.2) is 4.39 Å². The first-order valence-electron chi connectivity index (χ1n) is 9.65. The number of anilines is 1. The summed E-state index contributed by atoms with van der Waals surface area (Å²) in [7, 11) is 0. The lowest BCUT2D eigenvalue weighted by Gasteiger charge is -2.33. The summed E-state index contributed by atoms with van der Waals surface area (Å²) in [5.74, 6) is -0.783. The van der Waals surface area contributed by atoms with Crippen molar-refractivity contribution in [1.29, 1.82) is 0 Å². The summed E-state index contributed by atoms with van der Waals surface area (Å²) in [5.41, 5.74) is 0.492. The number of benzene rings is 1. The lowest BCUT2D eigenvalue weighted by molar-refractivity contribution is -0.133. The summed E-state index contributed by atoms with van der Waals surface area (Å²) < 4.78 is 13.8.